The lowest BCUT2D eigenvalue weighted by Crippen LogP contribution is -2.12. The third-order valence-corrected chi connectivity index (χ3v) is 5.39. The van der Waals surface area contributed by atoms with Crippen LogP contribution < -0.4 is 10.1 Å². The summed E-state index contributed by atoms with van der Waals surface area (Å²) in [6.07, 6.45) is 1.87. The van der Waals surface area contributed by atoms with Crippen LogP contribution in [0.15, 0.2) is 60.7 Å². The molecule has 138 valence electrons. The normalized spacial score (nSPS) is 12.8. The van der Waals surface area contributed by atoms with E-state index in [4.69, 9.17) is 10.00 Å². The summed E-state index contributed by atoms with van der Waals surface area (Å²) >= 11 is 1.20. The lowest BCUT2D eigenvalue weighted by molar-refractivity contribution is -0.117. The number of carbonyl (C=O) groups is 2. The van der Waals surface area contributed by atoms with E-state index in [-0.39, 0.29) is 11.8 Å². The lowest BCUT2D eigenvalue weighted by atomic mass is 10.0. The Morgan fingerprint density at radius 1 is 0.964 bits per heavy atom. The highest BCUT2D eigenvalue weighted by Crippen LogP contribution is 2.32. The van der Waals surface area contributed by atoms with E-state index in [1.807, 2.05) is 24.3 Å². The molecule has 28 heavy (non-hydrogen) atoms. The molecule has 4 rings (SSSR count). The van der Waals surface area contributed by atoms with Gasteiger partial charge in [0.2, 0.25) is 5.91 Å². The first-order valence-corrected chi connectivity index (χ1v) is 9.67. The molecule has 1 amide bonds. The lowest BCUT2D eigenvalue weighted by Gasteiger charge is -2.05. The first-order valence-electron chi connectivity index (χ1n) is 8.86. The van der Waals surface area contributed by atoms with Gasteiger partial charge in [-0.3, -0.25) is 4.79 Å². The van der Waals surface area contributed by atoms with Gasteiger partial charge in [-0.05, 0) is 60.4 Å². The van der Waals surface area contributed by atoms with Gasteiger partial charge >= 0.3 is 5.97 Å². The monoisotopic (exact) mass is 388 g/mol. The van der Waals surface area contributed by atoms with Gasteiger partial charge in [-0.25, -0.2) is 4.79 Å². The highest BCUT2D eigenvalue weighted by atomic mass is 32.1. The molecule has 0 spiro atoms. The summed E-state index contributed by atoms with van der Waals surface area (Å²) in [5, 5.41) is 12.3. The standard InChI is InChI=1S/C22H16N2O3S/c23-13-14-1-3-15(4-2-14)16-7-9-18(10-8-16)27-22(26)19-11-12-20(28-19)24-21(25)17-5-6-17/h1-4,7-12,17H,5-6H2,(H,24,25). The van der Waals surface area contributed by atoms with E-state index in [1.54, 1.807) is 36.4 Å². The molecule has 0 radical (unpaired) electrons. The predicted octanol–water partition coefficient (Wildman–Crippen LogP) is 4.85. The second-order valence-electron chi connectivity index (χ2n) is 6.53. The Kier molecular flexibility index (Phi) is 4.92. The van der Waals surface area contributed by atoms with Crippen LogP contribution in [0.25, 0.3) is 11.1 Å². The number of nitrogens with zero attached hydrogens (tertiary/aromatic N) is 1. The van der Waals surface area contributed by atoms with Crippen molar-refractivity contribution in [3.8, 4) is 22.9 Å². The summed E-state index contributed by atoms with van der Waals surface area (Å²) in [7, 11) is 0. The fourth-order valence-electron chi connectivity index (χ4n) is 2.69. The van der Waals surface area contributed by atoms with Crippen LogP contribution in [0.1, 0.15) is 28.1 Å². The van der Waals surface area contributed by atoms with Crippen molar-refractivity contribution in [3.05, 3.63) is 71.1 Å². The number of amides is 1. The van der Waals surface area contributed by atoms with Gasteiger partial charge in [0.05, 0.1) is 16.6 Å². The number of thiophene rings is 1. The zero-order chi connectivity index (χ0) is 19.5. The van der Waals surface area contributed by atoms with E-state index >= 15 is 0 Å². The molecule has 1 N–H and O–H groups in total. The van der Waals surface area contributed by atoms with Crippen LogP contribution in [0.2, 0.25) is 0 Å². The molecule has 5 nitrogen and oxygen atoms in total. The maximum Gasteiger partial charge on any atom is 0.353 e. The minimum atomic E-state index is -0.456. The Morgan fingerprint density at radius 2 is 1.61 bits per heavy atom. The van der Waals surface area contributed by atoms with E-state index < -0.39 is 5.97 Å². The molecule has 0 aliphatic heterocycles. The molecule has 3 aromatic rings. The number of hydrogen-bond acceptors (Lipinski definition) is 5. The first-order chi connectivity index (χ1) is 13.6. The predicted molar refractivity (Wildman–Crippen MR) is 107 cm³/mol. The van der Waals surface area contributed by atoms with Crippen molar-refractivity contribution >= 4 is 28.2 Å². The van der Waals surface area contributed by atoms with Crippen molar-refractivity contribution in [1.82, 2.24) is 0 Å². The Balaban J connectivity index is 1.39. The van der Waals surface area contributed by atoms with Crippen LogP contribution in [-0.2, 0) is 4.79 Å². The van der Waals surface area contributed by atoms with Gasteiger partial charge in [0.15, 0.2) is 0 Å². The Hall–Kier alpha value is -3.43. The maximum atomic E-state index is 12.3. The van der Waals surface area contributed by atoms with Crippen LogP contribution in [-0.4, -0.2) is 11.9 Å². The summed E-state index contributed by atoms with van der Waals surface area (Å²) in [6.45, 7) is 0. The fraction of sp³-hybridized carbons (Fsp3) is 0.136. The second-order valence-corrected chi connectivity index (χ2v) is 7.61. The number of esters is 1. The van der Waals surface area contributed by atoms with Crippen LogP contribution in [0.4, 0.5) is 5.00 Å². The molecule has 1 aliphatic carbocycles. The van der Waals surface area contributed by atoms with Crippen molar-refractivity contribution in [2.24, 2.45) is 5.92 Å². The zero-order valence-corrected chi connectivity index (χ0v) is 15.7. The van der Waals surface area contributed by atoms with E-state index in [9.17, 15) is 9.59 Å². The molecule has 1 aromatic heterocycles. The quantitative estimate of drug-likeness (QED) is 0.500. The highest BCUT2D eigenvalue weighted by molar-refractivity contribution is 7.18. The van der Waals surface area contributed by atoms with Crippen LogP contribution in [0, 0.1) is 17.2 Å². The molecule has 0 atom stereocenters. The van der Waals surface area contributed by atoms with Gasteiger partial charge in [-0.15, -0.1) is 11.3 Å². The first kappa shape index (κ1) is 18.0. The molecule has 1 fully saturated rings. The minimum absolute atomic E-state index is 0.0140. The van der Waals surface area contributed by atoms with Gasteiger partial charge in [-0.2, -0.15) is 5.26 Å². The zero-order valence-electron chi connectivity index (χ0n) is 14.8. The molecule has 1 saturated carbocycles. The van der Waals surface area contributed by atoms with Gasteiger partial charge < -0.3 is 10.1 Å². The average Bonchev–Trinajstić information content (AvgIpc) is 3.48. The molecular weight excluding hydrogens is 372 g/mol. The fourth-order valence-corrected chi connectivity index (χ4v) is 3.48. The van der Waals surface area contributed by atoms with Crippen LogP contribution >= 0.6 is 11.3 Å². The Bertz CT molecular complexity index is 1060. The summed E-state index contributed by atoms with van der Waals surface area (Å²) in [6, 6.07) is 19.9. The molecule has 1 heterocycles. The van der Waals surface area contributed by atoms with Crippen molar-refractivity contribution in [1.29, 1.82) is 5.26 Å². The summed E-state index contributed by atoms with van der Waals surface area (Å²) in [4.78, 5) is 24.6. The minimum Gasteiger partial charge on any atom is -0.422 e. The molecule has 0 saturated heterocycles. The Labute approximate surface area is 166 Å². The third kappa shape index (κ3) is 4.11. The number of ether oxygens (including phenoxy) is 1. The SMILES string of the molecule is N#Cc1ccc(-c2ccc(OC(=O)c3ccc(NC(=O)C4CC4)s3)cc2)cc1. The summed E-state index contributed by atoms with van der Waals surface area (Å²) in [5.74, 6) is 0.120. The third-order valence-electron chi connectivity index (χ3n) is 4.41. The Morgan fingerprint density at radius 3 is 2.21 bits per heavy atom. The number of carbonyl (C=O) groups excluding carboxylic acids is 2. The highest BCUT2D eigenvalue weighted by Gasteiger charge is 2.30. The summed E-state index contributed by atoms with van der Waals surface area (Å²) < 4.78 is 5.42. The van der Waals surface area contributed by atoms with E-state index in [0.717, 1.165) is 24.0 Å². The number of rotatable bonds is 5. The van der Waals surface area contributed by atoms with E-state index in [2.05, 4.69) is 11.4 Å². The van der Waals surface area contributed by atoms with Gasteiger partial charge in [-0.1, -0.05) is 24.3 Å². The average molecular weight is 388 g/mol. The van der Waals surface area contributed by atoms with Gasteiger partial charge in [0, 0.05) is 5.92 Å². The number of anilines is 1. The van der Waals surface area contributed by atoms with Crippen LogP contribution in [0.3, 0.4) is 0 Å². The van der Waals surface area contributed by atoms with E-state index in [0.29, 0.717) is 21.2 Å². The number of benzene rings is 2. The van der Waals surface area contributed by atoms with Crippen LogP contribution in [0.5, 0.6) is 5.75 Å². The number of nitrogens with one attached hydrogen (secondary N) is 1. The van der Waals surface area contributed by atoms with Crippen molar-refractivity contribution < 1.29 is 14.3 Å². The molecule has 1 aliphatic rings. The van der Waals surface area contributed by atoms with Crippen molar-refractivity contribution in [2.45, 2.75) is 12.8 Å². The van der Waals surface area contributed by atoms with E-state index in [1.165, 1.54) is 11.3 Å². The van der Waals surface area contributed by atoms with Crippen molar-refractivity contribution in [2.75, 3.05) is 5.32 Å². The topological polar surface area (TPSA) is 79.2 Å². The number of nitriles is 1. The molecule has 0 unspecified atom stereocenters. The second kappa shape index (κ2) is 7.67. The molecule has 2 aromatic carbocycles. The number of hydrogen-bond donors (Lipinski definition) is 1. The van der Waals surface area contributed by atoms with Gasteiger partial charge in [0.1, 0.15) is 10.6 Å². The molecule has 6 heteroatoms. The molecular formula is C22H16N2O3S. The molecule has 0 bridgehead atoms. The summed E-state index contributed by atoms with van der Waals surface area (Å²) in [5.41, 5.74) is 2.55. The smallest absolute Gasteiger partial charge is 0.353 e. The van der Waals surface area contributed by atoms with Crippen molar-refractivity contribution in [3.63, 3.8) is 0 Å². The largest absolute Gasteiger partial charge is 0.422 e. The maximum absolute atomic E-state index is 12.3. The van der Waals surface area contributed by atoms with Gasteiger partial charge in [0.25, 0.3) is 0 Å².